The molecule has 0 fully saturated rings. The first-order chi connectivity index (χ1) is 8.09. The van der Waals surface area contributed by atoms with Crippen LogP contribution in [0.15, 0.2) is 40.0 Å². The van der Waals surface area contributed by atoms with Gasteiger partial charge in [0, 0.05) is 12.3 Å². The van der Waals surface area contributed by atoms with E-state index in [2.05, 4.69) is 14.9 Å². The molecule has 0 aliphatic carbocycles. The van der Waals surface area contributed by atoms with Crippen molar-refractivity contribution in [2.45, 2.75) is 11.4 Å². The zero-order valence-electron chi connectivity index (χ0n) is 8.50. The van der Waals surface area contributed by atoms with E-state index in [1.807, 2.05) is 0 Å². The summed E-state index contributed by atoms with van der Waals surface area (Å²) < 4.78 is 30.8. The van der Waals surface area contributed by atoms with Gasteiger partial charge in [0.2, 0.25) is 10.0 Å². The number of nitrogens with one attached hydrogen (secondary N) is 1. The Kier molecular flexibility index (Phi) is 3.41. The Morgan fingerprint density at radius 2 is 2.18 bits per heavy atom. The highest BCUT2D eigenvalue weighted by atomic mass is 35.5. The first kappa shape index (κ1) is 12.0. The van der Waals surface area contributed by atoms with Crippen molar-refractivity contribution >= 4 is 21.6 Å². The third-order valence-corrected chi connectivity index (χ3v) is 3.79. The van der Waals surface area contributed by atoms with Crippen LogP contribution in [-0.4, -0.2) is 18.6 Å². The molecule has 1 N–H and O–H groups in total. The lowest BCUT2D eigenvalue weighted by atomic mass is 10.5. The molecule has 17 heavy (non-hydrogen) atoms. The maximum Gasteiger partial charge on any atom is 0.244 e. The van der Waals surface area contributed by atoms with Crippen LogP contribution in [0.3, 0.4) is 0 Å². The van der Waals surface area contributed by atoms with Crippen molar-refractivity contribution in [1.82, 2.24) is 14.9 Å². The monoisotopic (exact) mass is 273 g/mol. The Balaban J connectivity index is 2.17. The summed E-state index contributed by atoms with van der Waals surface area (Å²) in [6.45, 7) is 0.00750. The first-order valence-electron chi connectivity index (χ1n) is 4.59. The number of halogens is 1. The summed E-state index contributed by atoms with van der Waals surface area (Å²) in [6, 6.07) is 4.43. The quantitative estimate of drug-likeness (QED) is 0.846. The van der Waals surface area contributed by atoms with Gasteiger partial charge in [0.25, 0.3) is 0 Å². The summed E-state index contributed by atoms with van der Waals surface area (Å²) in [5.74, 6) is 0.411. The fourth-order valence-corrected chi connectivity index (χ4v) is 2.59. The molecule has 2 aromatic heterocycles. The molecule has 0 unspecified atom stereocenters. The third-order valence-electron chi connectivity index (χ3n) is 1.94. The lowest BCUT2D eigenvalue weighted by Crippen LogP contribution is -2.23. The van der Waals surface area contributed by atoms with Crippen LogP contribution < -0.4 is 4.72 Å². The number of hydrogen-bond donors (Lipinski definition) is 1. The Morgan fingerprint density at radius 1 is 1.35 bits per heavy atom. The molecule has 0 aliphatic rings. The molecule has 0 aromatic carbocycles. The minimum absolute atomic E-state index is 0.00750. The van der Waals surface area contributed by atoms with Gasteiger partial charge >= 0.3 is 0 Å². The first-order valence-corrected chi connectivity index (χ1v) is 6.45. The van der Waals surface area contributed by atoms with Crippen LogP contribution in [0, 0.1) is 0 Å². The van der Waals surface area contributed by atoms with E-state index in [1.165, 1.54) is 24.5 Å². The zero-order chi connectivity index (χ0) is 12.3. The lowest BCUT2D eigenvalue weighted by molar-refractivity contribution is 0.380. The van der Waals surface area contributed by atoms with Crippen LogP contribution in [0.4, 0.5) is 0 Å². The maximum atomic E-state index is 11.9. The summed E-state index contributed by atoms with van der Waals surface area (Å²) in [7, 11) is -3.70. The normalized spacial score (nSPS) is 11.6. The van der Waals surface area contributed by atoms with Crippen LogP contribution >= 0.6 is 11.6 Å². The van der Waals surface area contributed by atoms with Crippen molar-refractivity contribution in [2.24, 2.45) is 0 Å². The van der Waals surface area contributed by atoms with Crippen molar-refractivity contribution in [3.63, 3.8) is 0 Å². The Labute approximate surface area is 103 Å². The Hall–Kier alpha value is -1.44. The van der Waals surface area contributed by atoms with Gasteiger partial charge in [0.15, 0.2) is 5.76 Å². The highest BCUT2D eigenvalue weighted by Gasteiger charge is 2.18. The van der Waals surface area contributed by atoms with E-state index in [4.69, 9.17) is 16.1 Å². The summed E-state index contributed by atoms with van der Waals surface area (Å²) >= 11 is 5.70. The molecule has 0 bridgehead atoms. The van der Waals surface area contributed by atoms with Crippen molar-refractivity contribution in [3.05, 3.63) is 41.5 Å². The maximum absolute atomic E-state index is 11.9. The second-order valence-electron chi connectivity index (χ2n) is 3.10. The number of nitrogens with zero attached hydrogens (tertiary/aromatic N) is 2. The summed E-state index contributed by atoms with van der Waals surface area (Å²) in [4.78, 5) is 3.63. The van der Waals surface area contributed by atoms with Gasteiger partial charge in [0.05, 0.1) is 12.7 Å². The minimum atomic E-state index is -3.70. The van der Waals surface area contributed by atoms with Gasteiger partial charge in [0.1, 0.15) is 10.0 Å². The predicted molar refractivity (Wildman–Crippen MR) is 59.8 cm³/mol. The summed E-state index contributed by atoms with van der Waals surface area (Å²) in [6.07, 6.45) is 2.85. The zero-order valence-corrected chi connectivity index (χ0v) is 10.1. The van der Waals surface area contributed by atoms with Crippen molar-refractivity contribution < 1.29 is 12.9 Å². The molecule has 0 saturated heterocycles. The van der Waals surface area contributed by atoms with Gasteiger partial charge in [-0.1, -0.05) is 16.8 Å². The fraction of sp³-hybridized carbons (Fsp3) is 0.111. The fourth-order valence-electron chi connectivity index (χ4n) is 1.15. The van der Waals surface area contributed by atoms with E-state index in [9.17, 15) is 8.42 Å². The lowest BCUT2D eigenvalue weighted by Gasteiger charge is -2.05. The predicted octanol–water partition coefficient (Wildman–Crippen LogP) is 1.20. The SMILES string of the molecule is O=S(=O)(NCc1ccno1)c1cccnc1Cl. The molecule has 0 amide bonds. The second kappa shape index (κ2) is 4.82. The highest BCUT2D eigenvalue weighted by Crippen LogP contribution is 2.17. The molecule has 8 heteroatoms. The average molecular weight is 274 g/mol. The molecule has 2 aromatic rings. The van der Waals surface area contributed by atoms with Gasteiger partial charge in [-0.15, -0.1) is 0 Å². The molecular weight excluding hydrogens is 266 g/mol. The van der Waals surface area contributed by atoms with Crippen LogP contribution in [0.5, 0.6) is 0 Å². The van der Waals surface area contributed by atoms with Crippen LogP contribution in [0.25, 0.3) is 0 Å². The van der Waals surface area contributed by atoms with Gasteiger partial charge in [-0.05, 0) is 12.1 Å². The Bertz CT molecular complexity index is 598. The summed E-state index contributed by atoms with van der Waals surface area (Å²) in [5.41, 5.74) is 0. The van der Waals surface area contributed by atoms with Gasteiger partial charge in [-0.25, -0.2) is 18.1 Å². The topological polar surface area (TPSA) is 85.1 Å². The third kappa shape index (κ3) is 2.82. The van der Waals surface area contributed by atoms with Crippen LogP contribution in [0.2, 0.25) is 5.15 Å². The molecule has 0 aliphatic heterocycles. The highest BCUT2D eigenvalue weighted by molar-refractivity contribution is 7.89. The molecule has 90 valence electrons. The average Bonchev–Trinajstić information content (AvgIpc) is 2.80. The van der Waals surface area contributed by atoms with Gasteiger partial charge in [-0.3, -0.25) is 0 Å². The standard InChI is InChI=1S/C9H8ClN3O3S/c10-9-8(2-1-4-11-9)17(14,15)13-6-7-3-5-12-16-7/h1-5,13H,6H2. The van der Waals surface area contributed by atoms with Crippen molar-refractivity contribution in [3.8, 4) is 0 Å². The minimum Gasteiger partial charge on any atom is -0.360 e. The number of rotatable bonds is 4. The van der Waals surface area contributed by atoms with Crippen LogP contribution in [0.1, 0.15) is 5.76 Å². The molecule has 2 heterocycles. The molecular formula is C9H8ClN3O3S. The van der Waals surface area contributed by atoms with Gasteiger partial charge in [-0.2, -0.15) is 0 Å². The van der Waals surface area contributed by atoms with Gasteiger partial charge < -0.3 is 4.52 Å². The second-order valence-corrected chi connectivity index (χ2v) is 5.19. The van der Waals surface area contributed by atoms with Crippen molar-refractivity contribution in [2.75, 3.05) is 0 Å². The molecule has 0 atom stereocenters. The van der Waals surface area contributed by atoms with E-state index >= 15 is 0 Å². The number of aromatic nitrogens is 2. The van der Waals surface area contributed by atoms with E-state index in [-0.39, 0.29) is 16.6 Å². The summed E-state index contributed by atoms with van der Waals surface area (Å²) in [5, 5.41) is 3.39. The number of hydrogen-bond acceptors (Lipinski definition) is 5. The molecule has 6 nitrogen and oxygen atoms in total. The molecule has 0 saturated carbocycles. The number of pyridine rings is 1. The molecule has 0 radical (unpaired) electrons. The van der Waals surface area contributed by atoms with Crippen molar-refractivity contribution in [1.29, 1.82) is 0 Å². The smallest absolute Gasteiger partial charge is 0.244 e. The van der Waals surface area contributed by atoms with E-state index in [0.29, 0.717) is 5.76 Å². The molecule has 0 spiro atoms. The largest absolute Gasteiger partial charge is 0.360 e. The van der Waals surface area contributed by atoms with Crippen LogP contribution in [-0.2, 0) is 16.6 Å². The van der Waals surface area contributed by atoms with E-state index in [0.717, 1.165) is 0 Å². The van der Waals surface area contributed by atoms with E-state index in [1.54, 1.807) is 6.07 Å². The Morgan fingerprint density at radius 3 is 2.82 bits per heavy atom. The number of sulfonamides is 1. The molecule has 2 rings (SSSR count). The van der Waals surface area contributed by atoms with E-state index < -0.39 is 10.0 Å².